The number of aliphatic hydroxyl groups is 1. The number of para-hydroxylation sites is 1. The fraction of sp³-hybridized carbons (Fsp3) is 0.269. The zero-order valence-electron chi connectivity index (χ0n) is 17.9. The van der Waals surface area contributed by atoms with Crippen LogP contribution in [-0.2, 0) is 13.0 Å². The molecule has 5 heteroatoms. The molecular weight excluding hydrogens is 388 g/mol. The summed E-state index contributed by atoms with van der Waals surface area (Å²) in [6, 6.07) is 27.5. The van der Waals surface area contributed by atoms with Gasteiger partial charge in [0, 0.05) is 12.6 Å². The maximum Gasteiger partial charge on any atom is 0.252 e. The van der Waals surface area contributed by atoms with E-state index in [0.717, 1.165) is 12.8 Å². The maximum absolute atomic E-state index is 11.6. The number of primary amides is 1. The lowest BCUT2D eigenvalue weighted by Crippen LogP contribution is -2.41. The van der Waals surface area contributed by atoms with Gasteiger partial charge in [-0.15, -0.1) is 0 Å². The van der Waals surface area contributed by atoms with Gasteiger partial charge in [0.2, 0.25) is 6.29 Å². The molecule has 0 heterocycles. The molecule has 0 spiro atoms. The summed E-state index contributed by atoms with van der Waals surface area (Å²) in [5.41, 5.74) is 8.14. The van der Waals surface area contributed by atoms with Gasteiger partial charge in [0.1, 0.15) is 5.75 Å². The summed E-state index contributed by atoms with van der Waals surface area (Å²) in [4.78, 5) is 13.8. The molecule has 3 aromatic rings. The molecule has 0 unspecified atom stereocenters. The Morgan fingerprint density at radius 2 is 1.52 bits per heavy atom. The summed E-state index contributed by atoms with van der Waals surface area (Å²) in [5, 5.41) is 10.7. The summed E-state index contributed by atoms with van der Waals surface area (Å²) in [7, 11) is 0. The van der Waals surface area contributed by atoms with E-state index >= 15 is 0 Å². The zero-order chi connectivity index (χ0) is 22.1. The van der Waals surface area contributed by atoms with E-state index in [2.05, 4.69) is 48.2 Å². The molecule has 3 aromatic carbocycles. The molecule has 0 saturated heterocycles. The van der Waals surface area contributed by atoms with Crippen LogP contribution in [0.15, 0.2) is 84.9 Å². The van der Waals surface area contributed by atoms with Crippen molar-refractivity contribution in [3.8, 4) is 5.75 Å². The molecule has 0 radical (unpaired) electrons. The molecule has 0 aliphatic carbocycles. The number of carbonyl (C=O) groups excluding carboxylic acids is 1. The highest BCUT2D eigenvalue weighted by Gasteiger charge is 2.20. The van der Waals surface area contributed by atoms with Crippen molar-refractivity contribution in [2.75, 3.05) is 6.54 Å². The van der Waals surface area contributed by atoms with Crippen LogP contribution in [0.3, 0.4) is 0 Å². The number of aryl methyl sites for hydroxylation is 1. The third-order valence-electron chi connectivity index (χ3n) is 5.35. The molecular formula is C26H30N2O3. The van der Waals surface area contributed by atoms with Gasteiger partial charge in [0.25, 0.3) is 5.91 Å². The number of nitrogens with two attached hydrogens (primary N) is 1. The molecule has 0 saturated carbocycles. The van der Waals surface area contributed by atoms with Gasteiger partial charge >= 0.3 is 0 Å². The second kappa shape index (κ2) is 11.3. The van der Waals surface area contributed by atoms with Crippen LogP contribution in [0.5, 0.6) is 5.75 Å². The Balaban J connectivity index is 1.69. The Morgan fingerprint density at radius 3 is 2.16 bits per heavy atom. The van der Waals surface area contributed by atoms with Crippen LogP contribution in [-0.4, -0.2) is 34.8 Å². The molecule has 3 rings (SSSR count). The number of hydrogen-bond acceptors (Lipinski definition) is 4. The Morgan fingerprint density at radius 1 is 0.935 bits per heavy atom. The fourth-order valence-corrected chi connectivity index (χ4v) is 3.58. The highest BCUT2D eigenvalue weighted by atomic mass is 16.6. The van der Waals surface area contributed by atoms with Crippen molar-refractivity contribution in [1.82, 2.24) is 4.90 Å². The van der Waals surface area contributed by atoms with Crippen LogP contribution >= 0.6 is 0 Å². The molecule has 0 aliphatic rings. The predicted octanol–water partition coefficient (Wildman–Crippen LogP) is 4.01. The second-order valence-corrected chi connectivity index (χ2v) is 7.72. The minimum atomic E-state index is -1.09. The highest BCUT2D eigenvalue weighted by molar-refractivity contribution is 5.95. The molecule has 31 heavy (non-hydrogen) atoms. The topological polar surface area (TPSA) is 75.8 Å². The molecule has 5 nitrogen and oxygen atoms in total. The molecule has 0 fully saturated rings. The Kier molecular flexibility index (Phi) is 8.21. The molecule has 2 atom stereocenters. The first kappa shape index (κ1) is 22.5. The van der Waals surface area contributed by atoms with E-state index < -0.39 is 12.2 Å². The number of amides is 1. The monoisotopic (exact) mass is 418 g/mol. The molecule has 1 amide bonds. The lowest BCUT2D eigenvalue weighted by Gasteiger charge is -2.31. The highest BCUT2D eigenvalue weighted by Crippen LogP contribution is 2.20. The van der Waals surface area contributed by atoms with Gasteiger partial charge in [0.15, 0.2) is 0 Å². The molecule has 3 N–H and O–H groups in total. The van der Waals surface area contributed by atoms with Gasteiger partial charge in [-0.1, -0.05) is 72.8 Å². The van der Waals surface area contributed by atoms with Gasteiger partial charge in [-0.25, -0.2) is 0 Å². The summed E-state index contributed by atoms with van der Waals surface area (Å²) < 4.78 is 5.70. The third kappa shape index (κ3) is 6.95. The number of rotatable bonds is 11. The Labute approximate surface area is 184 Å². The third-order valence-corrected chi connectivity index (χ3v) is 5.35. The second-order valence-electron chi connectivity index (χ2n) is 7.72. The number of aliphatic hydroxyl groups excluding tert-OH is 1. The normalized spacial score (nSPS) is 13.0. The van der Waals surface area contributed by atoms with E-state index in [4.69, 9.17) is 10.5 Å². The fourth-order valence-electron chi connectivity index (χ4n) is 3.58. The van der Waals surface area contributed by atoms with Crippen LogP contribution in [0, 0.1) is 0 Å². The van der Waals surface area contributed by atoms with Crippen molar-refractivity contribution in [1.29, 1.82) is 0 Å². The average Bonchev–Trinajstić information content (AvgIpc) is 2.78. The van der Waals surface area contributed by atoms with Crippen LogP contribution in [0.1, 0.15) is 34.8 Å². The van der Waals surface area contributed by atoms with Gasteiger partial charge in [-0.3, -0.25) is 9.69 Å². The molecule has 0 bridgehead atoms. The number of benzene rings is 3. The molecule has 162 valence electrons. The number of ether oxygens (including phenoxy) is 1. The van der Waals surface area contributed by atoms with Crippen molar-refractivity contribution in [3.63, 3.8) is 0 Å². The Bertz CT molecular complexity index is 947. The van der Waals surface area contributed by atoms with Crippen molar-refractivity contribution < 1.29 is 14.6 Å². The minimum Gasteiger partial charge on any atom is -0.463 e. The van der Waals surface area contributed by atoms with E-state index in [1.807, 2.05) is 24.3 Å². The number of carbonyl (C=O) groups is 1. The first-order valence-electron chi connectivity index (χ1n) is 10.6. The van der Waals surface area contributed by atoms with Gasteiger partial charge in [-0.2, -0.15) is 0 Å². The van der Waals surface area contributed by atoms with E-state index in [9.17, 15) is 9.90 Å². The van der Waals surface area contributed by atoms with Crippen molar-refractivity contribution in [3.05, 3.63) is 102 Å². The van der Waals surface area contributed by atoms with E-state index in [-0.39, 0.29) is 11.6 Å². The predicted molar refractivity (Wildman–Crippen MR) is 123 cm³/mol. The van der Waals surface area contributed by atoms with E-state index in [0.29, 0.717) is 18.8 Å². The molecule has 0 aromatic heterocycles. The van der Waals surface area contributed by atoms with Gasteiger partial charge in [0.05, 0.1) is 12.1 Å². The van der Waals surface area contributed by atoms with Crippen molar-refractivity contribution in [2.24, 2.45) is 5.73 Å². The average molecular weight is 419 g/mol. The van der Waals surface area contributed by atoms with Crippen molar-refractivity contribution >= 4 is 5.91 Å². The lowest BCUT2D eigenvalue weighted by molar-refractivity contribution is -0.0504. The quantitative estimate of drug-likeness (QED) is 0.462. The standard InChI is InChI=1S/C26H30N2O3/c1-20(16-17-21-10-4-2-5-11-21)28(18-22-12-6-3-7-13-22)19-25(29)31-24-15-9-8-14-23(24)26(27)30/h2-15,20,25,29H,16-19H2,1H3,(H2,27,30)/t20-,25-/m1/s1. The van der Waals surface area contributed by atoms with E-state index in [1.54, 1.807) is 24.3 Å². The van der Waals surface area contributed by atoms with Crippen LogP contribution < -0.4 is 10.5 Å². The molecule has 0 aliphatic heterocycles. The van der Waals surface area contributed by atoms with Crippen molar-refractivity contribution in [2.45, 2.75) is 38.6 Å². The zero-order valence-corrected chi connectivity index (χ0v) is 17.9. The number of hydrogen-bond donors (Lipinski definition) is 2. The number of nitrogens with zero attached hydrogens (tertiary/aromatic N) is 1. The maximum atomic E-state index is 11.6. The summed E-state index contributed by atoms with van der Waals surface area (Å²) in [5.74, 6) is -0.292. The first-order valence-corrected chi connectivity index (χ1v) is 10.6. The smallest absolute Gasteiger partial charge is 0.252 e. The van der Waals surface area contributed by atoms with Crippen LogP contribution in [0.4, 0.5) is 0 Å². The summed E-state index contributed by atoms with van der Waals surface area (Å²) in [6.07, 6.45) is 0.805. The summed E-state index contributed by atoms with van der Waals surface area (Å²) in [6.45, 7) is 3.16. The van der Waals surface area contributed by atoms with E-state index in [1.165, 1.54) is 11.1 Å². The SMILES string of the molecule is C[C@H](CCc1ccccc1)N(Cc1ccccc1)C[C@H](O)Oc1ccccc1C(N)=O. The van der Waals surface area contributed by atoms with Gasteiger partial charge < -0.3 is 15.6 Å². The first-order chi connectivity index (χ1) is 15.0. The van der Waals surface area contributed by atoms with Crippen LogP contribution in [0.2, 0.25) is 0 Å². The minimum absolute atomic E-state index is 0.213. The summed E-state index contributed by atoms with van der Waals surface area (Å²) >= 11 is 0. The van der Waals surface area contributed by atoms with Crippen LogP contribution in [0.25, 0.3) is 0 Å². The van der Waals surface area contributed by atoms with Gasteiger partial charge in [-0.05, 0) is 43.0 Å². The largest absolute Gasteiger partial charge is 0.463 e. The lowest BCUT2D eigenvalue weighted by atomic mass is 10.0. The Hall–Kier alpha value is -3.15.